The van der Waals surface area contributed by atoms with Crippen LogP contribution in [0.3, 0.4) is 0 Å². The molecule has 3 aromatic rings. The van der Waals surface area contributed by atoms with Crippen LogP contribution in [-0.2, 0) is 16.9 Å². The Morgan fingerprint density at radius 1 is 1.03 bits per heavy atom. The molecule has 3 amide bonds. The highest BCUT2D eigenvalue weighted by Gasteiger charge is 2.52. The quantitative estimate of drug-likeness (QED) is 0.589. The Labute approximate surface area is 175 Å². The van der Waals surface area contributed by atoms with E-state index in [1.165, 1.54) is 4.90 Å². The van der Waals surface area contributed by atoms with Crippen molar-refractivity contribution in [3.8, 4) is 5.69 Å². The van der Waals surface area contributed by atoms with Gasteiger partial charge in [0.25, 0.3) is 5.91 Å². The van der Waals surface area contributed by atoms with Gasteiger partial charge in [-0.15, -0.1) is 0 Å². The molecule has 30 heavy (non-hydrogen) atoms. The second-order valence-corrected chi connectivity index (χ2v) is 7.71. The molecule has 2 aromatic carbocycles. The molecule has 1 fully saturated rings. The van der Waals surface area contributed by atoms with Crippen LogP contribution in [0.1, 0.15) is 24.5 Å². The van der Waals surface area contributed by atoms with Gasteiger partial charge >= 0.3 is 6.03 Å². The third-order valence-electron chi connectivity index (χ3n) is 5.56. The molecule has 2 heterocycles. The first-order valence-electron chi connectivity index (χ1n) is 10.1. The molecule has 4 rings (SSSR count). The molecule has 7 heteroatoms. The Bertz CT molecular complexity index is 1030. The molecule has 0 radical (unpaired) electrons. The summed E-state index contributed by atoms with van der Waals surface area (Å²) in [6, 6.07) is 19.0. The summed E-state index contributed by atoms with van der Waals surface area (Å²) >= 11 is 0. The summed E-state index contributed by atoms with van der Waals surface area (Å²) in [5, 5.41) is 7.36. The fourth-order valence-electron chi connectivity index (χ4n) is 3.98. The number of nitrogens with zero attached hydrogens (tertiary/aromatic N) is 3. The predicted octanol–water partition coefficient (Wildman–Crippen LogP) is 1.70. The van der Waals surface area contributed by atoms with Crippen molar-refractivity contribution in [2.75, 3.05) is 13.7 Å². The monoisotopic (exact) mass is 404 g/mol. The molecular weight excluding hydrogens is 378 g/mol. The maximum Gasteiger partial charge on any atom is 0.329 e. The topological polar surface area (TPSA) is 71.7 Å². The van der Waals surface area contributed by atoms with Crippen LogP contribution in [0.2, 0.25) is 0 Å². The first kappa shape index (κ1) is 19.8. The third kappa shape index (κ3) is 3.59. The summed E-state index contributed by atoms with van der Waals surface area (Å²) in [7, 11) is 1.97. The van der Waals surface area contributed by atoms with Gasteiger partial charge in [0.1, 0.15) is 12.1 Å². The van der Waals surface area contributed by atoms with Crippen molar-refractivity contribution in [3.63, 3.8) is 0 Å². The molecule has 1 aliphatic heterocycles. The van der Waals surface area contributed by atoms with Crippen molar-refractivity contribution >= 4 is 11.9 Å². The number of hydrogen-bond acceptors (Lipinski definition) is 3. The van der Waals surface area contributed by atoms with Crippen molar-refractivity contribution < 1.29 is 14.5 Å². The normalized spacial score (nSPS) is 19.7. The molecular formula is C23H26N5O2+. The lowest BCUT2D eigenvalue weighted by molar-refractivity contribution is -0.901. The highest BCUT2D eigenvalue weighted by Crippen LogP contribution is 2.31. The summed E-state index contributed by atoms with van der Waals surface area (Å²) in [4.78, 5) is 28.3. The Morgan fingerprint density at radius 2 is 1.70 bits per heavy atom. The highest BCUT2D eigenvalue weighted by atomic mass is 16.2. The smallest absolute Gasteiger partial charge is 0.319 e. The van der Waals surface area contributed by atoms with Crippen LogP contribution in [0.5, 0.6) is 0 Å². The first-order chi connectivity index (χ1) is 14.5. The lowest BCUT2D eigenvalue weighted by Crippen LogP contribution is -3.09. The number of aromatic nitrogens is 2. The van der Waals surface area contributed by atoms with Crippen LogP contribution in [0, 0.1) is 0 Å². The number of imide groups is 1. The average molecular weight is 404 g/mol. The molecule has 1 aliphatic rings. The van der Waals surface area contributed by atoms with E-state index in [0.29, 0.717) is 13.0 Å². The zero-order valence-electron chi connectivity index (χ0n) is 17.2. The Balaban J connectivity index is 1.46. The number of urea groups is 1. The van der Waals surface area contributed by atoms with Gasteiger partial charge in [0.2, 0.25) is 0 Å². The standard InChI is InChI=1S/C23H25N5O2/c1-3-23(19-10-6-4-7-11-19)21(29)27(22(30)25-23)17-26(2)15-18-14-24-28(16-18)20-12-8-5-9-13-20/h4-14,16H,3,15,17H2,1-2H3,(H,25,30)/p+1/t23-/m0/s1. The van der Waals surface area contributed by atoms with E-state index in [2.05, 4.69) is 10.4 Å². The van der Waals surface area contributed by atoms with Gasteiger partial charge in [-0.2, -0.15) is 5.10 Å². The Kier molecular flexibility index (Phi) is 5.37. The number of para-hydroxylation sites is 1. The van der Waals surface area contributed by atoms with Crippen molar-refractivity contribution in [2.45, 2.75) is 25.4 Å². The summed E-state index contributed by atoms with van der Waals surface area (Å²) < 4.78 is 1.83. The summed E-state index contributed by atoms with van der Waals surface area (Å²) in [6.45, 7) is 2.85. The van der Waals surface area contributed by atoms with E-state index < -0.39 is 5.54 Å². The molecule has 154 valence electrons. The fraction of sp³-hybridized carbons (Fsp3) is 0.261. The molecule has 2 atom stereocenters. The van der Waals surface area contributed by atoms with E-state index in [9.17, 15) is 9.59 Å². The van der Waals surface area contributed by atoms with Crippen molar-refractivity contribution in [3.05, 3.63) is 84.2 Å². The fourth-order valence-corrected chi connectivity index (χ4v) is 3.98. The van der Waals surface area contributed by atoms with Gasteiger partial charge in [0.15, 0.2) is 6.67 Å². The van der Waals surface area contributed by atoms with E-state index in [4.69, 9.17) is 0 Å². The van der Waals surface area contributed by atoms with E-state index >= 15 is 0 Å². The lowest BCUT2D eigenvalue weighted by atomic mass is 9.87. The second-order valence-electron chi connectivity index (χ2n) is 7.71. The molecule has 0 saturated carbocycles. The van der Waals surface area contributed by atoms with Crippen molar-refractivity contribution in [1.82, 2.24) is 20.0 Å². The van der Waals surface area contributed by atoms with Gasteiger partial charge in [-0.05, 0) is 24.1 Å². The summed E-state index contributed by atoms with van der Waals surface area (Å²) in [5.74, 6) is -0.194. The number of benzene rings is 2. The minimum atomic E-state index is -0.989. The van der Waals surface area contributed by atoms with E-state index in [1.807, 2.05) is 91.7 Å². The number of carbonyl (C=O) groups excluding carboxylic acids is 2. The van der Waals surface area contributed by atoms with E-state index in [1.54, 1.807) is 0 Å². The van der Waals surface area contributed by atoms with Gasteiger partial charge in [-0.3, -0.25) is 4.79 Å². The van der Waals surface area contributed by atoms with E-state index in [-0.39, 0.29) is 18.6 Å². The van der Waals surface area contributed by atoms with Crippen LogP contribution in [0.25, 0.3) is 5.69 Å². The van der Waals surface area contributed by atoms with Crippen LogP contribution < -0.4 is 10.2 Å². The number of hydrogen-bond donors (Lipinski definition) is 2. The second kappa shape index (κ2) is 8.12. The molecule has 1 unspecified atom stereocenters. The Morgan fingerprint density at radius 3 is 2.37 bits per heavy atom. The highest BCUT2D eigenvalue weighted by molar-refractivity contribution is 6.07. The maximum atomic E-state index is 13.3. The molecule has 0 aliphatic carbocycles. The van der Waals surface area contributed by atoms with Gasteiger partial charge in [0, 0.05) is 11.8 Å². The van der Waals surface area contributed by atoms with E-state index in [0.717, 1.165) is 21.7 Å². The molecule has 1 saturated heterocycles. The van der Waals surface area contributed by atoms with Crippen molar-refractivity contribution in [1.29, 1.82) is 0 Å². The number of rotatable bonds is 7. The maximum absolute atomic E-state index is 13.3. The molecule has 0 bridgehead atoms. The number of quaternary nitrogens is 1. The number of carbonyl (C=O) groups is 2. The zero-order valence-corrected chi connectivity index (χ0v) is 17.2. The van der Waals surface area contributed by atoms with Crippen LogP contribution in [0.4, 0.5) is 4.79 Å². The minimum absolute atomic E-state index is 0.194. The van der Waals surface area contributed by atoms with Gasteiger partial charge < -0.3 is 10.2 Å². The SMILES string of the molecule is CC[C@@]1(c2ccccc2)NC(=O)N(C[NH+](C)Cc2cnn(-c3ccccc3)c2)C1=O. The van der Waals surface area contributed by atoms with Gasteiger partial charge in [-0.1, -0.05) is 55.5 Å². The first-order valence-corrected chi connectivity index (χ1v) is 10.1. The molecule has 2 N–H and O–H groups in total. The van der Waals surface area contributed by atoms with Gasteiger partial charge in [0.05, 0.1) is 18.9 Å². The minimum Gasteiger partial charge on any atom is -0.319 e. The van der Waals surface area contributed by atoms with Crippen LogP contribution in [0.15, 0.2) is 73.1 Å². The van der Waals surface area contributed by atoms with Gasteiger partial charge in [-0.25, -0.2) is 14.4 Å². The number of amides is 3. The summed E-state index contributed by atoms with van der Waals surface area (Å²) in [6.07, 6.45) is 4.30. The Hall–Kier alpha value is -3.45. The third-order valence-corrected chi connectivity index (χ3v) is 5.56. The molecule has 1 aromatic heterocycles. The molecule has 0 spiro atoms. The van der Waals surface area contributed by atoms with Crippen LogP contribution >= 0.6 is 0 Å². The molecule has 7 nitrogen and oxygen atoms in total. The van der Waals surface area contributed by atoms with Crippen molar-refractivity contribution in [2.24, 2.45) is 0 Å². The number of nitrogens with one attached hydrogen (secondary N) is 2. The predicted molar refractivity (Wildman–Crippen MR) is 113 cm³/mol. The van der Waals surface area contributed by atoms with Crippen LogP contribution in [-0.4, -0.2) is 40.3 Å². The largest absolute Gasteiger partial charge is 0.329 e. The summed E-state index contributed by atoms with van der Waals surface area (Å²) in [5.41, 5.74) is 1.85. The lowest BCUT2D eigenvalue weighted by Gasteiger charge is -2.26. The zero-order chi connectivity index (χ0) is 21.1. The average Bonchev–Trinajstić information content (AvgIpc) is 3.33.